The monoisotopic (exact) mass is 351 g/mol. The third-order valence-electron chi connectivity index (χ3n) is 5.48. The summed E-state index contributed by atoms with van der Waals surface area (Å²) in [5, 5.41) is 0. The Kier molecular flexibility index (Phi) is 5.28. The van der Waals surface area contributed by atoms with E-state index < -0.39 is 11.1 Å². The molecule has 6 nitrogen and oxygen atoms in total. The molecule has 0 aromatic rings. The predicted octanol–water partition coefficient (Wildman–Crippen LogP) is 2.47. The topological polar surface area (TPSA) is 53.1 Å². The summed E-state index contributed by atoms with van der Waals surface area (Å²) in [5.74, 6) is 0.128. The van der Waals surface area contributed by atoms with Gasteiger partial charge in [-0.3, -0.25) is 9.69 Å². The number of rotatable bonds is 4. The maximum absolute atomic E-state index is 12.9. The molecular formula is C19H33N3O3. The molecule has 2 amide bonds. The minimum Gasteiger partial charge on any atom is -0.444 e. The number of piperazine rings is 1. The highest BCUT2D eigenvalue weighted by Crippen LogP contribution is 2.45. The zero-order chi connectivity index (χ0) is 18.1. The van der Waals surface area contributed by atoms with E-state index in [1.807, 2.05) is 25.7 Å². The van der Waals surface area contributed by atoms with Gasteiger partial charge in [0.25, 0.3) is 0 Å². The lowest BCUT2D eigenvalue weighted by Gasteiger charge is -2.41. The van der Waals surface area contributed by atoms with Gasteiger partial charge in [-0.15, -0.1) is 0 Å². The minimum absolute atomic E-state index is 0.128. The van der Waals surface area contributed by atoms with E-state index in [9.17, 15) is 9.59 Å². The van der Waals surface area contributed by atoms with Crippen molar-refractivity contribution in [1.82, 2.24) is 14.7 Å². The van der Waals surface area contributed by atoms with E-state index in [-0.39, 0.29) is 12.0 Å². The van der Waals surface area contributed by atoms with Crippen LogP contribution in [-0.2, 0) is 9.53 Å². The SMILES string of the molecule is CC(C)(C)OC(=O)N1CCN(CCCN2CCCCC2)C(=O)C12CC2. The van der Waals surface area contributed by atoms with Gasteiger partial charge in [0, 0.05) is 19.6 Å². The number of nitrogens with zero attached hydrogens (tertiary/aromatic N) is 3. The molecule has 1 aliphatic carbocycles. The summed E-state index contributed by atoms with van der Waals surface area (Å²) in [6.45, 7) is 11.1. The van der Waals surface area contributed by atoms with Crippen molar-refractivity contribution in [3.05, 3.63) is 0 Å². The Morgan fingerprint density at radius 3 is 2.32 bits per heavy atom. The van der Waals surface area contributed by atoms with Crippen molar-refractivity contribution in [2.75, 3.05) is 39.3 Å². The van der Waals surface area contributed by atoms with Gasteiger partial charge in [-0.25, -0.2) is 4.79 Å². The molecule has 0 N–H and O–H groups in total. The molecule has 0 bridgehead atoms. The summed E-state index contributed by atoms with van der Waals surface area (Å²) in [6, 6.07) is 0. The number of carbonyl (C=O) groups excluding carboxylic acids is 2. The van der Waals surface area contributed by atoms with Crippen molar-refractivity contribution in [2.45, 2.75) is 70.4 Å². The number of hydrogen-bond donors (Lipinski definition) is 0. The van der Waals surface area contributed by atoms with Gasteiger partial charge in [-0.2, -0.15) is 0 Å². The van der Waals surface area contributed by atoms with E-state index in [1.165, 1.54) is 32.4 Å². The molecule has 0 aromatic heterocycles. The Bertz CT molecular complexity index is 505. The second-order valence-electron chi connectivity index (χ2n) is 8.71. The van der Waals surface area contributed by atoms with Crippen LogP contribution in [0.4, 0.5) is 4.79 Å². The first-order valence-electron chi connectivity index (χ1n) is 9.84. The van der Waals surface area contributed by atoms with Crippen molar-refractivity contribution in [3.8, 4) is 0 Å². The molecule has 2 saturated heterocycles. The number of amides is 2. The lowest BCUT2D eigenvalue weighted by Crippen LogP contribution is -2.61. The summed E-state index contributed by atoms with van der Waals surface area (Å²) >= 11 is 0. The molecule has 3 rings (SSSR count). The molecule has 0 aromatic carbocycles. The fourth-order valence-corrected chi connectivity index (χ4v) is 4.01. The zero-order valence-electron chi connectivity index (χ0n) is 16.1. The van der Waals surface area contributed by atoms with Gasteiger partial charge in [-0.1, -0.05) is 6.42 Å². The van der Waals surface area contributed by atoms with Crippen molar-refractivity contribution < 1.29 is 14.3 Å². The van der Waals surface area contributed by atoms with Crippen molar-refractivity contribution in [1.29, 1.82) is 0 Å². The van der Waals surface area contributed by atoms with E-state index >= 15 is 0 Å². The first-order valence-corrected chi connectivity index (χ1v) is 9.84. The van der Waals surface area contributed by atoms with Gasteiger partial charge in [0.05, 0.1) is 0 Å². The number of carbonyl (C=O) groups is 2. The molecule has 0 unspecified atom stereocenters. The fourth-order valence-electron chi connectivity index (χ4n) is 4.01. The quantitative estimate of drug-likeness (QED) is 0.781. The van der Waals surface area contributed by atoms with Crippen LogP contribution in [0.15, 0.2) is 0 Å². The molecule has 3 fully saturated rings. The van der Waals surface area contributed by atoms with Gasteiger partial charge in [0.15, 0.2) is 0 Å². The number of ether oxygens (including phenoxy) is 1. The van der Waals surface area contributed by atoms with E-state index in [4.69, 9.17) is 4.74 Å². The molecule has 6 heteroatoms. The van der Waals surface area contributed by atoms with Crippen LogP contribution in [0.25, 0.3) is 0 Å². The van der Waals surface area contributed by atoms with Crippen molar-refractivity contribution in [2.24, 2.45) is 0 Å². The largest absolute Gasteiger partial charge is 0.444 e. The second-order valence-corrected chi connectivity index (χ2v) is 8.71. The van der Waals surface area contributed by atoms with Crippen molar-refractivity contribution in [3.63, 3.8) is 0 Å². The predicted molar refractivity (Wildman–Crippen MR) is 96.4 cm³/mol. The van der Waals surface area contributed by atoms with Crippen LogP contribution < -0.4 is 0 Å². The van der Waals surface area contributed by atoms with Crippen LogP contribution >= 0.6 is 0 Å². The first kappa shape index (κ1) is 18.5. The summed E-state index contributed by atoms with van der Waals surface area (Å²) in [4.78, 5) is 31.6. The number of likely N-dealkylation sites (tertiary alicyclic amines) is 1. The smallest absolute Gasteiger partial charge is 0.411 e. The minimum atomic E-state index is -0.605. The van der Waals surface area contributed by atoms with E-state index in [2.05, 4.69) is 4.90 Å². The lowest BCUT2D eigenvalue weighted by atomic mass is 10.1. The summed E-state index contributed by atoms with van der Waals surface area (Å²) in [5.41, 5.74) is -1.13. The van der Waals surface area contributed by atoms with Crippen LogP contribution in [0.2, 0.25) is 0 Å². The summed E-state index contributed by atoms with van der Waals surface area (Å²) < 4.78 is 5.51. The average Bonchev–Trinajstić information content (AvgIpc) is 3.32. The molecule has 2 aliphatic heterocycles. The summed E-state index contributed by atoms with van der Waals surface area (Å²) in [7, 11) is 0. The highest BCUT2D eigenvalue weighted by Gasteiger charge is 2.60. The Morgan fingerprint density at radius 1 is 1.04 bits per heavy atom. The molecule has 25 heavy (non-hydrogen) atoms. The van der Waals surface area contributed by atoms with Crippen LogP contribution in [0.5, 0.6) is 0 Å². The average molecular weight is 351 g/mol. The second kappa shape index (κ2) is 7.14. The van der Waals surface area contributed by atoms with E-state index in [0.717, 1.165) is 32.4 Å². The Morgan fingerprint density at radius 2 is 1.72 bits per heavy atom. The molecule has 0 radical (unpaired) electrons. The normalized spacial score (nSPS) is 23.9. The van der Waals surface area contributed by atoms with Gasteiger partial charge in [0.2, 0.25) is 5.91 Å². The number of hydrogen-bond acceptors (Lipinski definition) is 4. The maximum atomic E-state index is 12.9. The van der Waals surface area contributed by atoms with Crippen LogP contribution in [0.1, 0.15) is 59.3 Å². The highest BCUT2D eigenvalue weighted by molar-refractivity contribution is 5.94. The Balaban J connectivity index is 1.51. The maximum Gasteiger partial charge on any atom is 0.411 e. The molecular weight excluding hydrogens is 318 g/mol. The zero-order valence-corrected chi connectivity index (χ0v) is 16.1. The van der Waals surface area contributed by atoms with Gasteiger partial charge in [0.1, 0.15) is 11.1 Å². The third kappa shape index (κ3) is 4.27. The summed E-state index contributed by atoms with van der Waals surface area (Å²) in [6.07, 6.45) is 6.18. The van der Waals surface area contributed by atoms with Crippen molar-refractivity contribution >= 4 is 12.0 Å². The molecule has 1 spiro atoms. The molecule has 2 heterocycles. The van der Waals surface area contributed by atoms with Crippen LogP contribution in [0.3, 0.4) is 0 Å². The van der Waals surface area contributed by atoms with E-state index in [1.54, 1.807) is 4.90 Å². The Labute approximate surface area is 151 Å². The van der Waals surface area contributed by atoms with Gasteiger partial charge < -0.3 is 14.5 Å². The third-order valence-corrected chi connectivity index (χ3v) is 5.48. The van der Waals surface area contributed by atoms with Crippen LogP contribution in [-0.4, -0.2) is 77.1 Å². The first-order chi connectivity index (χ1) is 11.8. The molecule has 1 saturated carbocycles. The highest BCUT2D eigenvalue weighted by atomic mass is 16.6. The van der Waals surface area contributed by atoms with Crippen LogP contribution in [0, 0.1) is 0 Å². The van der Waals surface area contributed by atoms with Gasteiger partial charge in [-0.05, 0) is 72.5 Å². The standard InChI is InChI=1S/C19H33N3O3/c1-18(2,3)25-17(24)22-15-14-21(16(23)19(22)8-9-19)13-7-12-20-10-5-4-6-11-20/h4-15H2,1-3H3. The fraction of sp³-hybridized carbons (Fsp3) is 0.895. The van der Waals surface area contributed by atoms with E-state index in [0.29, 0.717) is 13.1 Å². The molecule has 0 atom stereocenters. The Hall–Kier alpha value is -1.30. The lowest BCUT2D eigenvalue weighted by molar-refractivity contribution is -0.143. The number of piperidine rings is 1. The van der Waals surface area contributed by atoms with Gasteiger partial charge >= 0.3 is 6.09 Å². The molecule has 142 valence electrons. The molecule has 3 aliphatic rings.